The third-order valence-electron chi connectivity index (χ3n) is 5.64. The molecule has 0 heterocycles. The van der Waals surface area contributed by atoms with Gasteiger partial charge in [-0.1, -0.05) is 40.4 Å². The largest absolute Gasteiger partial charge is 0.519 e. The van der Waals surface area contributed by atoms with Crippen LogP contribution < -0.4 is 0 Å². The lowest BCUT2D eigenvalue weighted by atomic mass is 10.4. The van der Waals surface area contributed by atoms with E-state index >= 15 is 0 Å². The van der Waals surface area contributed by atoms with Crippen molar-refractivity contribution in [2.45, 2.75) is 77.4 Å². The van der Waals surface area contributed by atoms with Crippen LogP contribution in [0.3, 0.4) is 0 Å². The second-order valence-electron chi connectivity index (χ2n) is 8.02. The SMILES string of the molecule is CC[Si](CC)(CC)OC(=O)CCN(CCC[Si](OC)(OC)OC)[Si](C)(C)C. The Bertz CT molecular complexity index is 407. The van der Waals surface area contributed by atoms with E-state index in [0.29, 0.717) is 6.42 Å². The van der Waals surface area contributed by atoms with Gasteiger partial charge in [0, 0.05) is 33.9 Å². The van der Waals surface area contributed by atoms with Gasteiger partial charge in [0.25, 0.3) is 14.3 Å². The Kier molecular flexibility index (Phi) is 12.5. The Balaban J connectivity index is 4.75. The standard InChI is InChI=1S/C18H43NO5Si3/c1-10-26(11-2,12-3)24-18(20)14-16-19(25(7,8)9)15-13-17-27(21-4,22-5)23-6/h10-17H2,1-9H3. The maximum Gasteiger partial charge on any atom is 0.500 e. The highest BCUT2D eigenvalue weighted by molar-refractivity contribution is 6.75. The minimum atomic E-state index is -2.53. The van der Waals surface area contributed by atoms with Gasteiger partial charge < -0.3 is 22.3 Å². The lowest BCUT2D eigenvalue weighted by Gasteiger charge is -2.35. The summed E-state index contributed by atoms with van der Waals surface area (Å²) in [6, 6.07) is 3.78. The average molecular weight is 438 g/mol. The molecule has 0 aromatic rings. The third kappa shape index (κ3) is 8.88. The monoisotopic (exact) mass is 437 g/mol. The number of hydrogen-bond acceptors (Lipinski definition) is 6. The van der Waals surface area contributed by atoms with E-state index in [9.17, 15) is 4.79 Å². The topological polar surface area (TPSA) is 57.2 Å². The fraction of sp³-hybridized carbons (Fsp3) is 0.944. The number of rotatable bonds is 15. The zero-order valence-electron chi connectivity index (χ0n) is 19.1. The van der Waals surface area contributed by atoms with Crippen LogP contribution in [0.15, 0.2) is 0 Å². The highest BCUT2D eigenvalue weighted by Gasteiger charge is 2.38. The lowest BCUT2D eigenvalue weighted by molar-refractivity contribution is -0.135. The summed E-state index contributed by atoms with van der Waals surface area (Å²) in [6.07, 6.45) is 1.40. The lowest BCUT2D eigenvalue weighted by Crippen LogP contribution is -2.49. The molecular formula is C18H43NO5Si3. The highest BCUT2D eigenvalue weighted by atomic mass is 28.4. The van der Waals surface area contributed by atoms with Crippen LogP contribution in [-0.4, -0.2) is 70.3 Å². The molecule has 0 rings (SSSR count). The van der Waals surface area contributed by atoms with Crippen molar-refractivity contribution in [2.24, 2.45) is 0 Å². The van der Waals surface area contributed by atoms with E-state index in [1.807, 2.05) is 0 Å². The summed E-state index contributed by atoms with van der Waals surface area (Å²) in [7, 11) is -0.981. The minimum Gasteiger partial charge on any atom is -0.519 e. The second kappa shape index (κ2) is 12.5. The summed E-state index contributed by atoms with van der Waals surface area (Å²) in [6.45, 7) is 15.1. The fourth-order valence-corrected chi connectivity index (χ4v) is 9.14. The van der Waals surface area contributed by atoms with E-state index in [0.717, 1.165) is 43.7 Å². The Hall–Kier alpha value is -0.0394. The van der Waals surface area contributed by atoms with Crippen molar-refractivity contribution >= 4 is 31.3 Å². The van der Waals surface area contributed by atoms with Crippen molar-refractivity contribution in [2.75, 3.05) is 34.4 Å². The molecule has 162 valence electrons. The third-order valence-corrected chi connectivity index (χ3v) is 15.3. The summed E-state index contributed by atoms with van der Waals surface area (Å²) in [5.74, 6) is -0.0233. The van der Waals surface area contributed by atoms with Gasteiger partial charge >= 0.3 is 8.80 Å². The van der Waals surface area contributed by atoms with Crippen molar-refractivity contribution < 1.29 is 22.5 Å². The van der Waals surface area contributed by atoms with Crippen molar-refractivity contribution in [1.29, 1.82) is 0 Å². The summed E-state index contributed by atoms with van der Waals surface area (Å²) in [5, 5.41) is 0. The summed E-state index contributed by atoms with van der Waals surface area (Å²) >= 11 is 0. The molecule has 0 aromatic carbocycles. The van der Waals surface area contributed by atoms with Crippen molar-refractivity contribution in [3.8, 4) is 0 Å². The van der Waals surface area contributed by atoms with Crippen LogP contribution >= 0.6 is 0 Å². The summed E-state index contributed by atoms with van der Waals surface area (Å²) in [5.41, 5.74) is 0. The second-order valence-corrected chi connectivity index (χ2v) is 20.8. The molecule has 0 aliphatic heterocycles. The summed E-state index contributed by atoms with van der Waals surface area (Å²) in [4.78, 5) is 12.5. The molecule has 0 aliphatic rings. The van der Waals surface area contributed by atoms with Crippen LogP contribution in [0.25, 0.3) is 0 Å². The molecule has 6 nitrogen and oxygen atoms in total. The molecule has 0 unspecified atom stereocenters. The molecule has 0 aromatic heterocycles. The van der Waals surface area contributed by atoms with Crippen LogP contribution in [0.4, 0.5) is 0 Å². The fourth-order valence-electron chi connectivity index (χ4n) is 3.31. The highest BCUT2D eigenvalue weighted by Crippen LogP contribution is 2.23. The van der Waals surface area contributed by atoms with Crippen LogP contribution in [0, 0.1) is 0 Å². The molecule has 0 bridgehead atoms. The Morgan fingerprint density at radius 3 is 1.70 bits per heavy atom. The van der Waals surface area contributed by atoms with E-state index in [1.54, 1.807) is 21.3 Å². The van der Waals surface area contributed by atoms with Gasteiger partial charge in [0.15, 0.2) is 0 Å². The van der Waals surface area contributed by atoms with Gasteiger partial charge in [-0.25, -0.2) is 0 Å². The first-order valence-corrected chi connectivity index (χ1v) is 18.1. The molecule has 0 N–H and O–H groups in total. The van der Waals surface area contributed by atoms with E-state index in [-0.39, 0.29) is 5.97 Å². The van der Waals surface area contributed by atoms with E-state index in [1.165, 1.54) is 0 Å². The first-order chi connectivity index (χ1) is 12.6. The first kappa shape index (κ1) is 27.0. The smallest absolute Gasteiger partial charge is 0.500 e. The molecule has 0 saturated heterocycles. The Morgan fingerprint density at radius 2 is 1.33 bits per heavy atom. The quantitative estimate of drug-likeness (QED) is 0.355. The van der Waals surface area contributed by atoms with Crippen LogP contribution in [-0.2, 0) is 22.5 Å². The number of hydrogen-bond donors (Lipinski definition) is 0. The van der Waals surface area contributed by atoms with Crippen LogP contribution in [0.5, 0.6) is 0 Å². The zero-order valence-corrected chi connectivity index (χ0v) is 22.1. The molecule has 0 amide bonds. The number of carbonyl (C=O) groups is 1. The van der Waals surface area contributed by atoms with Crippen molar-refractivity contribution in [3.05, 3.63) is 0 Å². The van der Waals surface area contributed by atoms with Gasteiger partial charge in [0.2, 0.25) is 0 Å². The maximum absolute atomic E-state index is 12.5. The first-order valence-electron chi connectivity index (χ1n) is 10.2. The van der Waals surface area contributed by atoms with Gasteiger partial charge in [-0.15, -0.1) is 0 Å². The van der Waals surface area contributed by atoms with E-state index in [4.69, 9.17) is 17.7 Å². The van der Waals surface area contributed by atoms with Gasteiger partial charge in [-0.3, -0.25) is 4.79 Å². The van der Waals surface area contributed by atoms with Crippen LogP contribution in [0.2, 0.25) is 43.8 Å². The van der Waals surface area contributed by atoms with E-state index < -0.39 is 25.4 Å². The molecule has 9 heteroatoms. The molecule has 0 atom stereocenters. The predicted octanol–water partition coefficient (Wildman–Crippen LogP) is 4.33. The minimum absolute atomic E-state index is 0.0233. The molecule has 0 aliphatic carbocycles. The number of nitrogens with zero attached hydrogens (tertiary/aromatic N) is 1. The van der Waals surface area contributed by atoms with Crippen molar-refractivity contribution in [1.82, 2.24) is 4.57 Å². The molecule has 0 fully saturated rings. The normalized spacial score (nSPS) is 13.3. The maximum atomic E-state index is 12.5. The molecule has 27 heavy (non-hydrogen) atoms. The molecule has 0 radical (unpaired) electrons. The van der Waals surface area contributed by atoms with E-state index in [2.05, 4.69) is 45.0 Å². The zero-order chi connectivity index (χ0) is 21.1. The summed E-state index contributed by atoms with van der Waals surface area (Å²) < 4.78 is 25.0. The Morgan fingerprint density at radius 1 is 0.852 bits per heavy atom. The average Bonchev–Trinajstić information content (AvgIpc) is 2.65. The molecule has 0 saturated carbocycles. The van der Waals surface area contributed by atoms with Gasteiger partial charge in [-0.05, 0) is 31.1 Å². The Labute approximate surface area is 170 Å². The van der Waals surface area contributed by atoms with Gasteiger partial charge in [0.1, 0.15) is 8.24 Å². The molecule has 0 spiro atoms. The number of carbonyl (C=O) groups excluding carboxylic acids is 1. The molecular weight excluding hydrogens is 394 g/mol. The van der Waals surface area contributed by atoms with Gasteiger partial charge in [-0.2, -0.15) is 0 Å². The van der Waals surface area contributed by atoms with Crippen LogP contribution in [0.1, 0.15) is 33.6 Å². The van der Waals surface area contributed by atoms with Crippen molar-refractivity contribution in [3.63, 3.8) is 0 Å². The predicted molar refractivity (Wildman–Crippen MR) is 119 cm³/mol. The van der Waals surface area contributed by atoms with Gasteiger partial charge in [0.05, 0.1) is 6.42 Å².